The average molecular weight is 612 g/mol. The van der Waals surface area contributed by atoms with Gasteiger partial charge in [-0.15, -0.1) is 11.8 Å². The molecule has 0 unspecified atom stereocenters. The highest BCUT2D eigenvalue weighted by molar-refractivity contribution is 8.00. The van der Waals surface area contributed by atoms with Crippen molar-refractivity contribution in [3.8, 4) is 0 Å². The van der Waals surface area contributed by atoms with Crippen molar-refractivity contribution in [1.29, 1.82) is 0 Å². The Balaban J connectivity index is 1.22. The molecule has 1 saturated heterocycles. The first-order valence-electron chi connectivity index (χ1n) is 12.9. The van der Waals surface area contributed by atoms with Crippen molar-refractivity contribution in [2.45, 2.75) is 50.8 Å². The Labute approximate surface area is 246 Å². The zero-order valence-electron chi connectivity index (χ0n) is 22.4. The normalized spacial score (nSPS) is 21.9. The van der Waals surface area contributed by atoms with Gasteiger partial charge in [0.2, 0.25) is 17.2 Å². The van der Waals surface area contributed by atoms with Crippen LogP contribution in [0.3, 0.4) is 0 Å². The van der Waals surface area contributed by atoms with E-state index < -0.39 is 29.2 Å². The van der Waals surface area contributed by atoms with Gasteiger partial charge in [-0.3, -0.25) is 19.3 Å². The number of aliphatic carboxylic acids is 1. The van der Waals surface area contributed by atoms with Crippen LogP contribution in [-0.2, 0) is 25.8 Å². The van der Waals surface area contributed by atoms with Crippen molar-refractivity contribution in [1.82, 2.24) is 29.2 Å². The summed E-state index contributed by atoms with van der Waals surface area (Å²) < 4.78 is 7.18. The number of fused-ring (bicyclic) bond motifs is 2. The van der Waals surface area contributed by atoms with E-state index >= 15 is 0 Å². The number of nitrogens with zero attached hydrogens (tertiary/aromatic N) is 7. The first-order valence-corrected chi connectivity index (χ1v) is 14.7. The van der Waals surface area contributed by atoms with Gasteiger partial charge in [-0.1, -0.05) is 28.6 Å². The first-order chi connectivity index (χ1) is 20.1. The lowest BCUT2D eigenvalue weighted by molar-refractivity contribution is -0.662. The number of carbonyl (C=O) groups is 4. The number of amides is 2. The van der Waals surface area contributed by atoms with Crippen LogP contribution in [-0.4, -0.2) is 76.9 Å². The summed E-state index contributed by atoms with van der Waals surface area (Å²) in [5, 5.41) is 22.5. The predicted octanol–water partition coefficient (Wildman–Crippen LogP) is -1.12. The Bertz CT molecular complexity index is 1690. The van der Waals surface area contributed by atoms with Gasteiger partial charge < -0.3 is 25.8 Å². The number of hydrogen-bond acceptors (Lipinski definition) is 13. The lowest BCUT2D eigenvalue weighted by atomic mass is 9.70. The molecule has 3 aliphatic rings. The molecule has 42 heavy (non-hydrogen) atoms. The molecule has 17 heteroatoms. The number of imidazole rings is 1. The Morgan fingerprint density at radius 2 is 2.17 bits per heavy atom. The van der Waals surface area contributed by atoms with Gasteiger partial charge in [-0.05, 0) is 24.3 Å². The second-order valence-corrected chi connectivity index (χ2v) is 12.8. The van der Waals surface area contributed by atoms with Crippen LogP contribution < -0.4 is 20.7 Å². The number of thioether (sulfide) groups is 1. The van der Waals surface area contributed by atoms with Crippen LogP contribution in [0.15, 0.2) is 41.0 Å². The lowest BCUT2D eigenvalue weighted by Gasteiger charge is -2.50. The summed E-state index contributed by atoms with van der Waals surface area (Å²) in [4.78, 5) is 61.1. The van der Waals surface area contributed by atoms with E-state index in [0.29, 0.717) is 17.5 Å². The molecule has 0 spiro atoms. The molecule has 0 bridgehead atoms. The van der Waals surface area contributed by atoms with Gasteiger partial charge in [0, 0.05) is 28.9 Å². The highest BCUT2D eigenvalue weighted by Crippen LogP contribution is 2.42. The molecule has 3 aromatic rings. The molecule has 5 heterocycles. The number of carbonyl (C=O) groups excluding carboxylic acids is 4. The van der Waals surface area contributed by atoms with Gasteiger partial charge in [0.15, 0.2) is 11.4 Å². The number of nitrogen functional groups attached to an aromatic ring is 1. The SMILES string of the molecule is CC1(C)CC(O/N=C(\C(=O)N[C@@H]2C(=O)N3C(C(=O)[O-])=C(C[n+]4cc(C=O)n5ncccc54)CS[C@H]23)c2nsc(N)n2)C1. The van der Waals surface area contributed by atoms with E-state index in [2.05, 4.69) is 38.8 Å². The molecular weight excluding hydrogens is 586 g/mol. The van der Waals surface area contributed by atoms with Crippen LogP contribution in [0.4, 0.5) is 5.13 Å². The number of aldehydes is 1. The fraction of sp³-hybridized carbons (Fsp3) is 0.400. The molecule has 6 rings (SSSR count). The number of hydrogen-bond donors (Lipinski definition) is 2. The van der Waals surface area contributed by atoms with E-state index in [4.69, 9.17) is 10.6 Å². The minimum atomic E-state index is -1.52. The third kappa shape index (κ3) is 4.87. The van der Waals surface area contributed by atoms with Crippen molar-refractivity contribution in [2.75, 3.05) is 11.5 Å². The Morgan fingerprint density at radius 1 is 1.38 bits per heavy atom. The van der Waals surface area contributed by atoms with Crippen molar-refractivity contribution < 1.29 is 33.7 Å². The van der Waals surface area contributed by atoms with Gasteiger partial charge in [-0.2, -0.15) is 9.36 Å². The maximum absolute atomic E-state index is 13.3. The maximum atomic E-state index is 13.3. The number of carboxylic acids is 1. The van der Waals surface area contributed by atoms with Crippen LogP contribution in [0.5, 0.6) is 0 Å². The van der Waals surface area contributed by atoms with Crippen molar-refractivity contribution in [3.63, 3.8) is 0 Å². The van der Waals surface area contributed by atoms with Gasteiger partial charge in [0.05, 0.1) is 17.9 Å². The van der Waals surface area contributed by atoms with Gasteiger partial charge in [0.25, 0.3) is 11.8 Å². The zero-order valence-corrected chi connectivity index (χ0v) is 24.1. The monoisotopic (exact) mass is 611 g/mol. The highest BCUT2D eigenvalue weighted by Gasteiger charge is 2.53. The Hall–Kier alpha value is -4.38. The van der Waals surface area contributed by atoms with Crippen molar-refractivity contribution in [3.05, 3.63) is 47.3 Å². The molecule has 15 nitrogen and oxygen atoms in total. The fourth-order valence-corrected chi connectivity index (χ4v) is 7.14. The van der Waals surface area contributed by atoms with Crippen LogP contribution in [0.25, 0.3) is 5.65 Å². The maximum Gasteiger partial charge on any atom is 0.308 e. The Kier molecular flexibility index (Phi) is 6.92. The molecule has 0 radical (unpaired) electrons. The molecule has 2 amide bonds. The molecule has 2 atom stereocenters. The van der Waals surface area contributed by atoms with Crippen LogP contribution in [0.2, 0.25) is 0 Å². The number of nitrogens with one attached hydrogen (secondary N) is 1. The smallest absolute Gasteiger partial charge is 0.308 e. The predicted molar refractivity (Wildman–Crippen MR) is 147 cm³/mol. The van der Waals surface area contributed by atoms with E-state index in [1.807, 2.05) is 0 Å². The number of carboxylic acid groups (broad SMARTS) is 1. The van der Waals surface area contributed by atoms with Crippen LogP contribution in [0, 0.1) is 5.41 Å². The van der Waals surface area contributed by atoms with E-state index in [9.17, 15) is 24.3 Å². The van der Waals surface area contributed by atoms with E-state index in [1.54, 1.807) is 22.9 Å². The number of oxime groups is 1. The standard InChI is InChI=1S/C25H25N9O6S2/c1-25(2)6-14(7-25)40-30-16(19-29-24(26)42-31-19)20(36)28-17-21(37)33-18(23(38)39)12(11-41-22(17)33)8-32-9-13(10-35)34-15(32)4-3-5-27-34/h3-5,9-10,14,17,22H,6-8,11H2,1-2H3,(H3-,26,28,29,31,36,38,39)/b30-16-/t17-,22-/m1/s1. The van der Waals surface area contributed by atoms with Gasteiger partial charge in [0.1, 0.15) is 30.3 Å². The number of nitrogens with two attached hydrogens (primary N) is 1. The Morgan fingerprint density at radius 3 is 2.83 bits per heavy atom. The first kappa shape index (κ1) is 27.8. The zero-order chi connectivity index (χ0) is 29.8. The molecule has 0 aromatic carbocycles. The molecule has 2 fully saturated rings. The molecule has 218 valence electrons. The molecule has 2 aliphatic heterocycles. The average Bonchev–Trinajstić information content (AvgIpc) is 3.53. The van der Waals surface area contributed by atoms with E-state index in [0.717, 1.165) is 29.3 Å². The number of rotatable bonds is 9. The minimum Gasteiger partial charge on any atom is -0.543 e. The minimum absolute atomic E-state index is 0.0351. The highest BCUT2D eigenvalue weighted by atomic mass is 32.2. The van der Waals surface area contributed by atoms with Gasteiger partial charge >= 0.3 is 5.65 Å². The number of anilines is 1. The lowest BCUT2D eigenvalue weighted by Crippen LogP contribution is -2.71. The summed E-state index contributed by atoms with van der Waals surface area (Å²) in [5.74, 6) is -2.69. The molecule has 3 aromatic heterocycles. The molecule has 1 saturated carbocycles. The summed E-state index contributed by atoms with van der Waals surface area (Å²) in [6, 6.07) is 2.39. The largest absolute Gasteiger partial charge is 0.543 e. The molecular formula is C25H25N9O6S2. The quantitative estimate of drug-likeness (QED) is 0.0976. The third-order valence-electron chi connectivity index (χ3n) is 7.29. The van der Waals surface area contributed by atoms with Crippen LogP contribution >= 0.6 is 23.3 Å². The summed E-state index contributed by atoms with van der Waals surface area (Å²) >= 11 is 2.18. The van der Waals surface area contributed by atoms with Gasteiger partial charge in [-0.25, -0.2) is 4.57 Å². The van der Waals surface area contributed by atoms with E-state index in [-0.39, 0.29) is 51.9 Å². The fourth-order valence-electron chi connectivity index (χ4n) is 5.37. The van der Waals surface area contributed by atoms with Crippen molar-refractivity contribution >= 4 is 63.9 Å². The molecule has 1 aliphatic carbocycles. The second kappa shape index (κ2) is 10.5. The summed E-state index contributed by atoms with van der Waals surface area (Å²) in [7, 11) is 0. The van der Waals surface area contributed by atoms with Crippen molar-refractivity contribution in [2.24, 2.45) is 10.6 Å². The second-order valence-electron chi connectivity index (χ2n) is 10.9. The van der Waals surface area contributed by atoms with E-state index in [1.165, 1.54) is 22.5 Å². The number of aromatic nitrogens is 5. The third-order valence-corrected chi connectivity index (χ3v) is 9.17. The van der Waals surface area contributed by atoms with Crippen LogP contribution in [0.1, 0.15) is 43.0 Å². The summed E-state index contributed by atoms with van der Waals surface area (Å²) in [6.45, 7) is 4.28. The summed E-state index contributed by atoms with van der Waals surface area (Å²) in [6.07, 6.45) is 5.08. The topological polar surface area (TPSA) is 201 Å². The molecule has 3 N–H and O–H groups in total. The number of β-lactam (4-membered cyclic amide) rings is 1. The summed E-state index contributed by atoms with van der Waals surface area (Å²) in [5.41, 5.74) is 6.59.